The summed E-state index contributed by atoms with van der Waals surface area (Å²) in [5, 5.41) is 0. The highest BCUT2D eigenvalue weighted by molar-refractivity contribution is 7.80. The van der Waals surface area contributed by atoms with Crippen LogP contribution in [0.3, 0.4) is 0 Å². The van der Waals surface area contributed by atoms with Crippen molar-refractivity contribution in [2.24, 2.45) is 0 Å². The van der Waals surface area contributed by atoms with E-state index in [1.807, 2.05) is 12.1 Å². The summed E-state index contributed by atoms with van der Waals surface area (Å²) in [6.07, 6.45) is 0.254. The van der Waals surface area contributed by atoms with Gasteiger partial charge < -0.3 is 9.47 Å². The molecule has 2 aromatic rings. The van der Waals surface area contributed by atoms with Crippen LogP contribution < -0.4 is 4.74 Å². The van der Waals surface area contributed by atoms with Crippen molar-refractivity contribution < 1.29 is 14.3 Å². The summed E-state index contributed by atoms with van der Waals surface area (Å²) in [5.41, 5.74) is 3.46. The number of benzene rings is 2. The van der Waals surface area contributed by atoms with Gasteiger partial charge in [-0.1, -0.05) is 36.4 Å². The van der Waals surface area contributed by atoms with Gasteiger partial charge >= 0.3 is 6.16 Å². The van der Waals surface area contributed by atoms with Gasteiger partial charge in [-0.3, -0.25) is 0 Å². The summed E-state index contributed by atoms with van der Waals surface area (Å²) in [5.74, 6) is 1.31. The predicted octanol–water partition coefficient (Wildman–Crippen LogP) is 3.97. The smallest absolute Gasteiger partial charge is 0.437 e. The summed E-state index contributed by atoms with van der Waals surface area (Å²) in [6, 6.07) is 15.7. The molecule has 0 radical (unpaired) electrons. The van der Waals surface area contributed by atoms with E-state index in [2.05, 4.69) is 41.6 Å². The van der Waals surface area contributed by atoms with E-state index in [1.54, 1.807) is 12.1 Å². The molecule has 0 spiro atoms. The van der Waals surface area contributed by atoms with Gasteiger partial charge in [-0.15, -0.1) is 0 Å². The molecular weight excluding hydrogens is 272 g/mol. The van der Waals surface area contributed by atoms with Crippen LogP contribution in [-0.4, -0.2) is 19.0 Å². The molecule has 3 nitrogen and oxygen atoms in total. The third kappa shape index (κ3) is 3.78. The molecule has 0 bridgehead atoms. The first-order valence-electron chi connectivity index (χ1n) is 6.29. The first-order chi connectivity index (χ1) is 9.72. The van der Waals surface area contributed by atoms with Crippen molar-refractivity contribution in [3.8, 4) is 16.9 Å². The highest BCUT2D eigenvalue weighted by Gasteiger charge is 2.04. The van der Waals surface area contributed by atoms with E-state index in [0.717, 1.165) is 23.3 Å². The van der Waals surface area contributed by atoms with Crippen LogP contribution in [0.2, 0.25) is 0 Å². The molecule has 2 rings (SSSR count). The van der Waals surface area contributed by atoms with E-state index in [0.29, 0.717) is 5.75 Å². The average Bonchev–Trinajstić information content (AvgIpc) is 2.49. The lowest BCUT2D eigenvalue weighted by molar-refractivity contribution is 0.121. The molecule has 0 aliphatic rings. The molecule has 0 fully saturated rings. The second-order valence-electron chi connectivity index (χ2n) is 4.25. The normalized spacial score (nSPS) is 10.1. The van der Waals surface area contributed by atoms with Crippen LogP contribution in [0, 0.1) is 0 Å². The number of methoxy groups -OCH3 is 1. The van der Waals surface area contributed by atoms with Gasteiger partial charge in [0, 0.05) is 0 Å². The lowest BCUT2D eigenvalue weighted by Crippen LogP contribution is -2.06. The minimum atomic E-state index is -0.714. The monoisotopic (exact) mass is 288 g/mol. The third-order valence-corrected chi connectivity index (χ3v) is 3.13. The van der Waals surface area contributed by atoms with Gasteiger partial charge in [0.05, 0.1) is 7.11 Å². The standard InChI is InChI=1S/C16H16O3S/c1-18-16(17)19-15-8-6-14(7-9-15)13-4-2-12(3-5-13)10-11-20/h2-9,20H,10-11H2,1H3. The number of thiol groups is 1. The molecule has 0 saturated carbocycles. The Morgan fingerprint density at radius 1 is 1.00 bits per heavy atom. The van der Waals surface area contributed by atoms with Crippen LogP contribution in [0.15, 0.2) is 48.5 Å². The zero-order valence-corrected chi connectivity index (χ0v) is 12.1. The summed E-state index contributed by atoms with van der Waals surface area (Å²) >= 11 is 4.22. The van der Waals surface area contributed by atoms with Crippen molar-refractivity contribution >= 4 is 18.8 Å². The number of hydrogen-bond acceptors (Lipinski definition) is 4. The van der Waals surface area contributed by atoms with Crippen LogP contribution in [0.25, 0.3) is 11.1 Å². The molecule has 0 saturated heterocycles. The molecule has 4 heteroatoms. The first kappa shape index (κ1) is 14.5. The van der Waals surface area contributed by atoms with Crippen LogP contribution >= 0.6 is 12.6 Å². The molecule has 0 amide bonds. The first-order valence-corrected chi connectivity index (χ1v) is 6.92. The molecule has 0 atom stereocenters. The number of carbonyl (C=O) groups excluding carboxylic acids is 1. The number of aryl methyl sites for hydroxylation is 1. The van der Waals surface area contributed by atoms with Gasteiger partial charge in [0.25, 0.3) is 0 Å². The fourth-order valence-electron chi connectivity index (χ4n) is 1.85. The number of ether oxygens (including phenoxy) is 2. The van der Waals surface area contributed by atoms with Crippen LogP contribution in [-0.2, 0) is 11.2 Å². The van der Waals surface area contributed by atoms with Crippen molar-refractivity contribution in [2.45, 2.75) is 6.42 Å². The maximum absolute atomic E-state index is 11.0. The van der Waals surface area contributed by atoms with Gasteiger partial charge in [-0.05, 0) is 41.0 Å². The van der Waals surface area contributed by atoms with Crippen LogP contribution in [0.4, 0.5) is 4.79 Å². The van der Waals surface area contributed by atoms with Crippen LogP contribution in [0.1, 0.15) is 5.56 Å². The Bertz CT molecular complexity index is 561. The van der Waals surface area contributed by atoms with Crippen molar-refractivity contribution in [1.29, 1.82) is 0 Å². The van der Waals surface area contributed by atoms with Crippen molar-refractivity contribution in [3.63, 3.8) is 0 Å². The van der Waals surface area contributed by atoms with Gasteiger partial charge in [0.2, 0.25) is 0 Å². The molecular formula is C16H16O3S. The Balaban J connectivity index is 2.11. The van der Waals surface area contributed by atoms with Gasteiger partial charge in [0.1, 0.15) is 5.75 Å². The molecule has 0 aliphatic heterocycles. The Labute approximate surface area is 123 Å². The summed E-state index contributed by atoms with van der Waals surface area (Å²) in [7, 11) is 1.28. The Kier molecular flexibility index (Phi) is 5.07. The molecule has 0 aliphatic carbocycles. The van der Waals surface area contributed by atoms with Crippen molar-refractivity contribution in [3.05, 3.63) is 54.1 Å². The van der Waals surface area contributed by atoms with E-state index in [-0.39, 0.29) is 0 Å². The molecule has 104 valence electrons. The lowest BCUT2D eigenvalue weighted by Gasteiger charge is -2.06. The molecule has 0 heterocycles. The van der Waals surface area contributed by atoms with E-state index < -0.39 is 6.16 Å². The molecule has 2 aromatic carbocycles. The third-order valence-electron chi connectivity index (χ3n) is 2.91. The topological polar surface area (TPSA) is 35.5 Å². The molecule has 0 aromatic heterocycles. The van der Waals surface area contributed by atoms with Crippen molar-refractivity contribution in [1.82, 2.24) is 0 Å². The Morgan fingerprint density at radius 2 is 1.55 bits per heavy atom. The highest BCUT2D eigenvalue weighted by atomic mass is 32.1. The fraction of sp³-hybridized carbons (Fsp3) is 0.188. The number of hydrogen-bond donors (Lipinski definition) is 1. The number of rotatable bonds is 4. The highest BCUT2D eigenvalue weighted by Crippen LogP contribution is 2.23. The lowest BCUT2D eigenvalue weighted by atomic mass is 10.0. The number of carbonyl (C=O) groups is 1. The zero-order valence-electron chi connectivity index (χ0n) is 11.2. The SMILES string of the molecule is COC(=O)Oc1ccc(-c2ccc(CCS)cc2)cc1. The predicted molar refractivity (Wildman–Crippen MR) is 82.5 cm³/mol. The van der Waals surface area contributed by atoms with E-state index in [1.165, 1.54) is 12.7 Å². The Hall–Kier alpha value is -1.94. The maximum atomic E-state index is 11.0. The fourth-order valence-corrected chi connectivity index (χ4v) is 2.10. The zero-order chi connectivity index (χ0) is 14.4. The second kappa shape index (κ2) is 7.01. The maximum Gasteiger partial charge on any atom is 0.513 e. The second-order valence-corrected chi connectivity index (χ2v) is 4.70. The van der Waals surface area contributed by atoms with E-state index in [9.17, 15) is 4.79 Å². The minimum absolute atomic E-state index is 0.465. The van der Waals surface area contributed by atoms with Gasteiger partial charge in [-0.2, -0.15) is 12.6 Å². The van der Waals surface area contributed by atoms with E-state index in [4.69, 9.17) is 4.74 Å². The van der Waals surface area contributed by atoms with Gasteiger partial charge in [-0.25, -0.2) is 4.79 Å². The van der Waals surface area contributed by atoms with Gasteiger partial charge in [0.15, 0.2) is 0 Å². The van der Waals surface area contributed by atoms with Crippen molar-refractivity contribution in [2.75, 3.05) is 12.9 Å². The Morgan fingerprint density at radius 3 is 2.05 bits per heavy atom. The van der Waals surface area contributed by atoms with Crippen LogP contribution in [0.5, 0.6) is 5.75 Å². The quantitative estimate of drug-likeness (QED) is 0.525. The summed E-state index contributed by atoms with van der Waals surface area (Å²) in [4.78, 5) is 11.0. The van der Waals surface area contributed by atoms with E-state index >= 15 is 0 Å². The summed E-state index contributed by atoms with van der Waals surface area (Å²) < 4.78 is 9.37. The molecule has 0 N–H and O–H groups in total. The molecule has 20 heavy (non-hydrogen) atoms. The largest absolute Gasteiger partial charge is 0.513 e. The molecule has 0 unspecified atom stereocenters. The average molecular weight is 288 g/mol. The minimum Gasteiger partial charge on any atom is -0.437 e. The summed E-state index contributed by atoms with van der Waals surface area (Å²) in [6.45, 7) is 0.